The molecule has 7 heteroatoms. The van der Waals surface area contributed by atoms with Crippen molar-refractivity contribution in [3.05, 3.63) is 59.7 Å². The van der Waals surface area contributed by atoms with E-state index in [9.17, 15) is 9.46 Å². The van der Waals surface area contributed by atoms with Gasteiger partial charge in [-0.15, -0.1) is 0 Å². The van der Waals surface area contributed by atoms with E-state index in [0.717, 1.165) is 11.1 Å². The summed E-state index contributed by atoms with van der Waals surface area (Å²) in [5, 5.41) is 0. The quantitative estimate of drug-likeness (QED) is 0.742. The van der Waals surface area contributed by atoms with Crippen LogP contribution >= 0.6 is 7.82 Å². The van der Waals surface area contributed by atoms with Crippen LogP contribution in [-0.4, -0.2) is 19.1 Å². The molecule has 0 aliphatic heterocycles. The largest absolute Gasteiger partial charge is 0.497 e. The van der Waals surface area contributed by atoms with Crippen LogP contribution in [-0.2, 0) is 26.8 Å². The summed E-state index contributed by atoms with van der Waals surface area (Å²) in [6.07, 6.45) is 0. The molecule has 6 nitrogen and oxygen atoms in total. The molecule has 2 aromatic rings. The van der Waals surface area contributed by atoms with Crippen LogP contribution in [0.3, 0.4) is 0 Å². The highest BCUT2D eigenvalue weighted by Gasteiger charge is 2.21. The maximum Gasteiger partial charge on any atom is 0.472 e. The zero-order chi connectivity index (χ0) is 16.7. The van der Waals surface area contributed by atoms with E-state index in [1.165, 1.54) is 0 Å². The van der Waals surface area contributed by atoms with Crippen molar-refractivity contribution < 1.29 is 28.0 Å². The lowest BCUT2D eigenvalue weighted by Gasteiger charge is -2.12. The van der Waals surface area contributed by atoms with Gasteiger partial charge in [0.25, 0.3) is 0 Å². The van der Waals surface area contributed by atoms with Crippen molar-refractivity contribution in [3.63, 3.8) is 0 Å². The fourth-order valence-electron chi connectivity index (χ4n) is 1.79. The highest BCUT2D eigenvalue weighted by Crippen LogP contribution is 2.45. The first-order valence-corrected chi connectivity index (χ1v) is 8.40. The van der Waals surface area contributed by atoms with Gasteiger partial charge in [-0.1, -0.05) is 24.3 Å². The second-order valence-electron chi connectivity index (χ2n) is 4.71. The fourth-order valence-corrected chi connectivity index (χ4v) is 2.49. The lowest BCUT2D eigenvalue weighted by atomic mass is 10.2. The van der Waals surface area contributed by atoms with Crippen molar-refractivity contribution in [3.8, 4) is 11.5 Å². The van der Waals surface area contributed by atoms with Crippen molar-refractivity contribution in [2.24, 2.45) is 0 Å². The molecule has 0 saturated heterocycles. The number of phosphoric acid groups is 1. The third kappa shape index (κ3) is 5.69. The SMILES string of the molecule is COc1ccc(COP(=O)(O)OCc2ccc(OC)cc2)cc1. The molecule has 2 aromatic carbocycles. The van der Waals surface area contributed by atoms with E-state index in [4.69, 9.17) is 18.5 Å². The lowest BCUT2D eigenvalue weighted by Crippen LogP contribution is -1.97. The van der Waals surface area contributed by atoms with E-state index >= 15 is 0 Å². The van der Waals surface area contributed by atoms with E-state index < -0.39 is 7.82 Å². The van der Waals surface area contributed by atoms with Gasteiger partial charge in [-0.05, 0) is 35.4 Å². The Labute approximate surface area is 135 Å². The van der Waals surface area contributed by atoms with Gasteiger partial charge >= 0.3 is 7.82 Å². The Kier molecular flexibility index (Phi) is 6.19. The maximum absolute atomic E-state index is 11.9. The van der Waals surface area contributed by atoms with Gasteiger partial charge in [0.05, 0.1) is 27.4 Å². The van der Waals surface area contributed by atoms with E-state index in [2.05, 4.69) is 0 Å². The number of methoxy groups -OCH3 is 2. The Morgan fingerprint density at radius 3 is 1.43 bits per heavy atom. The number of hydrogen-bond acceptors (Lipinski definition) is 5. The van der Waals surface area contributed by atoms with Crippen molar-refractivity contribution in [2.75, 3.05) is 14.2 Å². The van der Waals surface area contributed by atoms with Crippen molar-refractivity contribution in [1.29, 1.82) is 0 Å². The summed E-state index contributed by atoms with van der Waals surface area (Å²) in [4.78, 5) is 9.70. The van der Waals surface area contributed by atoms with Gasteiger partial charge in [-0.25, -0.2) is 4.57 Å². The van der Waals surface area contributed by atoms with Gasteiger partial charge in [0, 0.05) is 0 Å². The second-order valence-corrected chi connectivity index (χ2v) is 6.17. The van der Waals surface area contributed by atoms with Gasteiger partial charge in [-0.3, -0.25) is 9.05 Å². The van der Waals surface area contributed by atoms with E-state index in [1.54, 1.807) is 62.8 Å². The Balaban J connectivity index is 1.84. The molecule has 0 saturated carbocycles. The van der Waals surface area contributed by atoms with E-state index in [-0.39, 0.29) is 13.2 Å². The number of rotatable bonds is 8. The molecule has 0 atom stereocenters. The van der Waals surface area contributed by atoms with Gasteiger partial charge in [0.2, 0.25) is 0 Å². The molecule has 0 radical (unpaired) electrons. The molecule has 0 spiro atoms. The highest BCUT2D eigenvalue weighted by molar-refractivity contribution is 7.47. The Hall–Kier alpha value is -1.85. The molecule has 0 amide bonds. The van der Waals surface area contributed by atoms with Crippen LogP contribution in [0.25, 0.3) is 0 Å². The predicted octanol–water partition coefficient (Wildman–Crippen LogP) is 3.54. The Morgan fingerprint density at radius 2 is 1.13 bits per heavy atom. The van der Waals surface area contributed by atoms with Crippen molar-refractivity contribution in [1.82, 2.24) is 0 Å². The lowest BCUT2D eigenvalue weighted by molar-refractivity contribution is 0.137. The van der Waals surface area contributed by atoms with Crippen LogP contribution in [0, 0.1) is 0 Å². The number of phosphoric ester groups is 1. The summed E-state index contributed by atoms with van der Waals surface area (Å²) >= 11 is 0. The van der Waals surface area contributed by atoms with Gasteiger partial charge in [0.15, 0.2) is 0 Å². The first-order valence-electron chi connectivity index (χ1n) is 6.90. The zero-order valence-corrected chi connectivity index (χ0v) is 13.9. The molecule has 0 fully saturated rings. The molecular formula is C16H19O6P. The maximum atomic E-state index is 11.9. The summed E-state index contributed by atoms with van der Waals surface area (Å²) < 4.78 is 31.9. The minimum Gasteiger partial charge on any atom is -0.497 e. The summed E-state index contributed by atoms with van der Waals surface area (Å²) in [5.74, 6) is 1.41. The number of hydrogen-bond donors (Lipinski definition) is 1. The molecule has 0 aromatic heterocycles. The van der Waals surface area contributed by atoms with Crippen molar-refractivity contribution in [2.45, 2.75) is 13.2 Å². The first kappa shape index (κ1) is 17.5. The fraction of sp³-hybridized carbons (Fsp3) is 0.250. The van der Waals surface area contributed by atoms with Crippen LogP contribution in [0.2, 0.25) is 0 Å². The number of ether oxygens (including phenoxy) is 2. The van der Waals surface area contributed by atoms with Crippen LogP contribution in [0.4, 0.5) is 0 Å². The summed E-state index contributed by atoms with van der Waals surface area (Å²) in [6, 6.07) is 14.0. The molecule has 0 unspecified atom stereocenters. The summed E-state index contributed by atoms with van der Waals surface area (Å²) in [7, 11) is -0.984. The molecule has 2 rings (SSSR count). The van der Waals surface area contributed by atoms with Crippen molar-refractivity contribution >= 4 is 7.82 Å². The second kappa shape index (κ2) is 8.13. The average Bonchev–Trinajstić information content (AvgIpc) is 2.59. The topological polar surface area (TPSA) is 74.2 Å². The summed E-state index contributed by atoms with van der Waals surface area (Å²) in [6.45, 7) is -0.0548. The van der Waals surface area contributed by atoms with Gasteiger partial charge < -0.3 is 14.4 Å². The van der Waals surface area contributed by atoms with Crippen LogP contribution in [0.15, 0.2) is 48.5 Å². The molecular weight excluding hydrogens is 319 g/mol. The Bertz CT molecular complexity index is 598. The standard InChI is InChI=1S/C16H19O6P/c1-19-15-7-3-13(4-8-15)11-21-23(17,18)22-12-14-5-9-16(20-2)10-6-14/h3-10H,11-12H2,1-2H3,(H,17,18). The van der Waals surface area contributed by atoms with E-state index in [1.807, 2.05) is 0 Å². The minimum absolute atomic E-state index is 0.0274. The zero-order valence-electron chi connectivity index (χ0n) is 13.0. The smallest absolute Gasteiger partial charge is 0.472 e. The van der Waals surface area contributed by atoms with Crippen LogP contribution < -0.4 is 9.47 Å². The highest BCUT2D eigenvalue weighted by atomic mass is 31.2. The Morgan fingerprint density at radius 1 is 0.783 bits per heavy atom. The molecule has 1 N–H and O–H groups in total. The van der Waals surface area contributed by atoms with Crippen LogP contribution in [0.1, 0.15) is 11.1 Å². The van der Waals surface area contributed by atoms with Crippen LogP contribution in [0.5, 0.6) is 11.5 Å². The third-order valence-electron chi connectivity index (χ3n) is 3.11. The average molecular weight is 338 g/mol. The molecule has 0 aliphatic carbocycles. The molecule has 0 bridgehead atoms. The normalized spacial score (nSPS) is 11.3. The van der Waals surface area contributed by atoms with E-state index in [0.29, 0.717) is 11.5 Å². The molecule has 0 aliphatic rings. The number of benzene rings is 2. The molecule has 23 heavy (non-hydrogen) atoms. The monoisotopic (exact) mass is 338 g/mol. The van der Waals surface area contributed by atoms with Gasteiger partial charge in [-0.2, -0.15) is 0 Å². The summed E-state index contributed by atoms with van der Waals surface area (Å²) in [5.41, 5.74) is 1.49. The molecule has 124 valence electrons. The minimum atomic E-state index is -4.12. The third-order valence-corrected chi connectivity index (χ3v) is 4.02. The van der Waals surface area contributed by atoms with Gasteiger partial charge in [0.1, 0.15) is 11.5 Å². The predicted molar refractivity (Wildman–Crippen MR) is 85.4 cm³/mol. The molecule has 0 heterocycles. The first-order chi connectivity index (χ1) is 11.0.